The molecule has 20 heavy (non-hydrogen) atoms. The average molecular weight is 284 g/mol. The normalized spacial score (nSPS) is 10.2. The van der Waals surface area contributed by atoms with Crippen molar-refractivity contribution in [1.29, 1.82) is 0 Å². The summed E-state index contributed by atoms with van der Waals surface area (Å²) in [6, 6.07) is 15.9. The van der Waals surface area contributed by atoms with Gasteiger partial charge in [-0.05, 0) is 23.1 Å². The van der Waals surface area contributed by atoms with Crippen molar-refractivity contribution < 1.29 is 9.59 Å². The van der Waals surface area contributed by atoms with Crippen molar-refractivity contribution in [3.05, 3.63) is 70.8 Å². The fourth-order valence-electron chi connectivity index (χ4n) is 1.89. The molecule has 0 aromatic heterocycles. The summed E-state index contributed by atoms with van der Waals surface area (Å²) in [7, 11) is 0. The molecule has 0 saturated heterocycles. The van der Waals surface area contributed by atoms with Crippen molar-refractivity contribution in [2.45, 2.75) is 19.1 Å². The Hall–Kier alpha value is -1.87. The van der Waals surface area contributed by atoms with E-state index in [1.54, 1.807) is 6.92 Å². The SMILES string of the molecule is CC(=O)SCc1ccc(Cc2ccc(C=O)cc2)cc1. The standard InChI is InChI=1S/C17H16O2S/c1-13(19)20-12-17-8-4-15(5-9-17)10-14-2-6-16(11-18)7-3-14/h2-9,11H,10,12H2,1H3. The molecule has 0 aliphatic rings. The Kier molecular flexibility index (Phi) is 5.13. The first-order valence-electron chi connectivity index (χ1n) is 6.42. The Morgan fingerprint density at radius 2 is 1.45 bits per heavy atom. The average Bonchev–Trinajstić information content (AvgIpc) is 2.47. The zero-order chi connectivity index (χ0) is 14.4. The highest BCUT2D eigenvalue weighted by Gasteiger charge is 2.00. The highest BCUT2D eigenvalue weighted by atomic mass is 32.2. The summed E-state index contributed by atoms with van der Waals surface area (Å²) in [5.41, 5.74) is 4.26. The molecule has 2 aromatic carbocycles. The van der Waals surface area contributed by atoms with E-state index in [-0.39, 0.29) is 5.12 Å². The van der Waals surface area contributed by atoms with Crippen molar-refractivity contribution in [3.63, 3.8) is 0 Å². The minimum atomic E-state index is 0.143. The van der Waals surface area contributed by atoms with Gasteiger partial charge < -0.3 is 0 Å². The van der Waals surface area contributed by atoms with E-state index >= 15 is 0 Å². The van der Waals surface area contributed by atoms with Gasteiger partial charge in [0.25, 0.3) is 0 Å². The maximum atomic E-state index is 10.9. The number of aldehydes is 1. The predicted molar refractivity (Wildman–Crippen MR) is 83.1 cm³/mol. The first kappa shape index (κ1) is 14.5. The smallest absolute Gasteiger partial charge is 0.186 e. The monoisotopic (exact) mass is 284 g/mol. The van der Waals surface area contributed by atoms with E-state index in [2.05, 4.69) is 24.3 Å². The molecule has 2 rings (SSSR count). The van der Waals surface area contributed by atoms with Crippen LogP contribution >= 0.6 is 11.8 Å². The molecule has 102 valence electrons. The second-order valence-electron chi connectivity index (χ2n) is 4.63. The Morgan fingerprint density at radius 3 is 1.95 bits per heavy atom. The quantitative estimate of drug-likeness (QED) is 0.782. The Bertz CT molecular complexity index is 585. The summed E-state index contributed by atoms with van der Waals surface area (Å²) in [6.07, 6.45) is 1.70. The fourth-order valence-corrected chi connectivity index (χ4v) is 2.45. The zero-order valence-electron chi connectivity index (χ0n) is 11.3. The molecule has 0 N–H and O–H groups in total. The van der Waals surface area contributed by atoms with Gasteiger partial charge in [0.15, 0.2) is 5.12 Å². The van der Waals surface area contributed by atoms with Crippen LogP contribution in [0.4, 0.5) is 0 Å². The Balaban J connectivity index is 1.98. The molecular formula is C17H16O2S. The Morgan fingerprint density at radius 1 is 0.950 bits per heavy atom. The second-order valence-corrected chi connectivity index (χ2v) is 5.79. The maximum absolute atomic E-state index is 10.9. The van der Waals surface area contributed by atoms with Gasteiger partial charge in [0.2, 0.25) is 0 Å². The lowest BCUT2D eigenvalue weighted by Gasteiger charge is -2.04. The number of thioether (sulfide) groups is 1. The van der Waals surface area contributed by atoms with Gasteiger partial charge in [0.1, 0.15) is 6.29 Å². The van der Waals surface area contributed by atoms with Gasteiger partial charge in [-0.25, -0.2) is 0 Å². The molecular weight excluding hydrogens is 268 g/mol. The lowest BCUT2D eigenvalue weighted by atomic mass is 10.0. The van der Waals surface area contributed by atoms with Crippen LogP contribution in [0.2, 0.25) is 0 Å². The molecule has 0 bridgehead atoms. The minimum absolute atomic E-state index is 0.143. The van der Waals surface area contributed by atoms with Crippen LogP contribution in [0.1, 0.15) is 34.0 Å². The van der Waals surface area contributed by atoms with Gasteiger partial charge in [0.05, 0.1) is 0 Å². The molecule has 0 atom stereocenters. The summed E-state index contributed by atoms with van der Waals surface area (Å²) in [5, 5.41) is 0.143. The molecule has 2 nitrogen and oxygen atoms in total. The van der Waals surface area contributed by atoms with E-state index in [4.69, 9.17) is 0 Å². The van der Waals surface area contributed by atoms with Crippen LogP contribution < -0.4 is 0 Å². The molecule has 0 aliphatic heterocycles. The van der Waals surface area contributed by atoms with Gasteiger partial charge in [-0.1, -0.05) is 60.3 Å². The molecule has 3 heteroatoms. The lowest BCUT2D eigenvalue weighted by Crippen LogP contribution is -1.91. The molecule has 0 aliphatic carbocycles. The molecule has 0 unspecified atom stereocenters. The topological polar surface area (TPSA) is 34.1 Å². The van der Waals surface area contributed by atoms with Crippen molar-refractivity contribution in [1.82, 2.24) is 0 Å². The van der Waals surface area contributed by atoms with Gasteiger partial charge in [-0.15, -0.1) is 0 Å². The van der Waals surface area contributed by atoms with E-state index in [1.165, 1.54) is 22.9 Å². The molecule has 0 saturated carbocycles. The third-order valence-electron chi connectivity index (χ3n) is 2.99. The number of rotatable bonds is 5. The largest absolute Gasteiger partial charge is 0.298 e. The van der Waals surface area contributed by atoms with Gasteiger partial charge in [-0.2, -0.15) is 0 Å². The van der Waals surface area contributed by atoms with Crippen LogP contribution in [-0.2, 0) is 17.0 Å². The van der Waals surface area contributed by atoms with Crippen molar-refractivity contribution in [2.24, 2.45) is 0 Å². The summed E-state index contributed by atoms with van der Waals surface area (Å²) in [6.45, 7) is 1.59. The van der Waals surface area contributed by atoms with Crippen LogP contribution in [0.25, 0.3) is 0 Å². The summed E-state index contributed by atoms with van der Waals surface area (Å²) in [4.78, 5) is 21.5. The number of hydrogen-bond donors (Lipinski definition) is 0. The number of carbonyl (C=O) groups is 2. The van der Waals surface area contributed by atoms with Crippen molar-refractivity contribution in [2.75, 3.05) is 0 Å². The highest BCUT2D eigenvalue weighted by Crippen LogP contribution is 2.16. The summed E-state index contributed by atoms with van der Waals surface area (Å²) < 4.78 is 0. The van der Waals surface area contributed by atoms with E-state index in [1.807, 2.05) is 24.3 Å². The van der Waals surface area contributed by atoms with Crippen LogP contribution in [0, 0.1) is 0 Å². The number of benzene rings is 2. The third-order valence-corrected chi connectivity index (χ3v) is 3.87. The Labute approximate surface area is 123 Å². The second kappa shape index (κ2) is 7.06. The summed E-state index contributed by atoms with van der Waals surface area (Å²) >= 11 is 1.33. The lowest BCUT2D eigenvalue weighted by molar-refractivity contribution is -0.109. The van der Waals surface area contributed by atoms with Crippen LogP contribution in [0.5, 0.6) is 0 Å². The van der Waals surface area contributed by atoms with Crippen LogP contribution in [0.15, 0.2) is 48.5 Å². The maximum Gasteiger partial charge on any atom is 0.186 e. The summed E-state index contributed by atoms with van der Waals surface area (Å²) in [5.74, 6) is 0.726. The number of carbonyl (C=O) groups excluding carboxylic acids is 2. The number of hydrogen-bond acceptors (Lipinski definition) is 3. The highest BCUT2D eigenvalue weighted by molar-refractivity contribution is 8.12. The van der Waals surface area contributed by atoms with E-state index in [9.17, 15) is 9.59 Å². The minimum Gasteiger partial charge on any atom is -0.298 e. The molecule has 0 radical (unpaired) electrons. The third kappa shape index (κ3) is 4.35. The zero-order valence-corrected chi connectivity index (χ0v) is 12.2. The molecule has 0 amide bonds. The van der Waals surface area contributed by atoms with Gasteiger partial charge >= 0.3 is 0 Å². The van der Waals surface area contributed by atoms with Crippen molar-refractivity contribution in [3.8, 4) is 0 Å². The van der Waals surface area contributed by atoms with E-state index in [0.29, 0.717) is 5.56 Å². The van der Waals surface area contributed by atoms with E-state index < -0.39 is 0 Å². The molecule has 0 fully saturated rings. The first-order chi connectivity index (χ1) is 9.67. The predicted octanol–water partition coefficient (Wildman–Crippen LogP) is 3.87. The molecule has 0 spiro atoms. The van der Waals surface area contributed by atoms with Crippen LogP contribution in [-0.4, -0.2) is 11.4 Å². The van der Waals surface area contributed by atoms with Crippen LogP contribution in [0.3, 0.4) is 0 Å². The van der Waals surface area contributed by atoms with Gasteiger partial charge in [0, 0.05) is 18.2 Å². The fraction of sp³-hybridized carbons (Fsp3) is 0.176. The van der Waals surface area contributed by atoms with Gasteiger partial charge in [-0.3, -0.25) is 9.59 Å². The molecule has 0 heterocycles. The van der Waals surface area contributed by atoms with Crippen molar-refractivity contribution >= 4 is 23.2 Å². The molecule has 2 aromatic rings. The first-order valence-corrected chi connectivity index (χ1v) is 7.41. The van der Waals surface area contributed by atoms with E-state index in [0.717, 1.165) is 24.0 Å².